The van der Waals surface area contributed by atoms with Gasteiger partial charge in [-0.3, -0.25) is 9.89 Å². The van der Waals surface area contributed by atoms with E-state index in [0.717, 1.165) is 37.9 Å². The lowest BCUT2D eigenvalue weighted by molar-refractivity contribution is 0.245. The molecule has 2 rings (SSSR count). The van der Waals surface area contributed by atoms with E-state index in [2.05, 4.69) is 52.6 Å². The second kappa shape index (κ2) is 9.52. The number of nitrogens with one attached hydrogen (secondary N) is 2. The number of nitrogens with zero attached hydrogens (tertiary/aromatic N) is 2. The van der Waals surface area contributed by atoms with Gasteiger partial charge in [0.1, 0.15) is 5.75 Å². The molecule has 0 aromatic heterocycles. The van der Waals surface area contributed by atoms with Crippen molar-refractivity contribution in [3.05, 3.63) is 29.8 Å². The van der Waals surface area contributed by atoms with Gasteiger partial charge in [-0.2, -0.15) is 0 Å². The van der Waals surface area contributed by atoms with Gasteiger partial charge >= 0.3 is 0 Å². The predicted octanol–water partition coefficient (Wildman–Crippen LogP) is 2.65. The molecule has 5 heteroatoms. The number of hydrogen-bond acceptors (Lipinski definition) is 3. The molecule has 1 fully saturated rings. The van der Waals surface area contributed by atoms with Gasteiger partial charge in [0.2, 0.25) is 0 Å². The summed E-state index contributed by atoms with van der Waals surface area (Å²) in [5.74, 6) is 2.38. The van der Waals surface area contributed by atoms with Gasteiger partial charge in [0, 0.05) is 20.1 Å². The summed E-state index contributed by atoms with van der Waals surface area (Å²) < 4.78 is 5.40. The largest absolute Gasteiger partial charge is 0.497 e. The third-order valence-corrected chi connectivity index (χ3v) is 4.42. The van der Waals surface area contributed by atoms with E-state index < -0.39 is 0 Å². The first-order chi connectivity index (χ1) is 11.6. The van der Waals surface area contributed by atoms with E-state index in [1.54, 1.807) is 7.11 Å². The Morgan fingerprint density at radius 1 is 1.21 bits per heavy atom. The lowest BCUT2D eigenvalue weighted by Crippen LogP contribution is -2.43. The van der Waals surface area contributed by atoms with Crippen LogP contribution in [0.4, 0.5) is 0 Å². The lowest BCUT2D eigenvalue weighted by Gasteiger charge is -2.29. The van der Waals surface area contributed by atoms with Crippen LogP contribution >= 0.6 is 0 Å². The molecule has 1 aliphatic heterocycles. The molecule has 0 amide bonds. The standard InChI is InChI=1S/C19H32N4O/c1-15(2)13-21-19(20-3)22-14-18(23-10-5-6-11-23)16-8-7-9-17(12-16)24-4/h7-9,12,15,18H,5-6,10-11,13-14H2,1-4H3,(H2,20,21,22). The highest BCUT2D eigenvalue weighted by molar-refractivity contribution is 5.79. The van der Waals surface area contributed by atoms with Gasteiger partial charge in [-0.25, -0.2) is 0 Å². The summed E-state index contributed by atoms with van der Waals surface area (Å²) >= 11 is 0. The maximum atomic E-state index is 5.40. The molecular weight excluding hydrogens is 300 g/mol. The molecule has 0 radical (unpaired) electrons. The molecule has 1 unspecified atom stereocenters. The monoisotopic (exact) mass is 332 g/mol. The lowest BCUT2D eigenvalue weighted by atomic mass is 10.1. The molecule has 5 nitrogen and oxygen atoms in total. The van der Waals surface area contributed by atoms with Crippen LogP contribution in [0.15, 0.2) is 29.3 Å². The minimum absolute atomic E-state index is 0.334. The number of guanidine groups is 1. The molecule has 0 saturated carbocycles. The summed E-state index contributed by atoms with van der Waals surface area (Å²) in [5, 5.41) is 6.88. The van der Waals surface area contributed by atoms with Gasteiger partial charge in [-0.15, -0.1) is 0 Å². The molecule has 0 bridgehead atoms. The highest BCUT2D eigenvalue weighted by atomic mass is 16.5. The second-order valence-electron chi connectivity index (χ2n) is 6.76. The van der Waals surface area contributed by atoms with Gasteiger partial charge in [0.25, 0.3) is 0 Å². The maximum absolute atomic E-state index is 5.40. The SMILES string of the molecule is CN=C(NCC(C)C)NCC(c1cccc(OC)c1)N1CCCC1. The Balaban J connectivity index is 2.06. The summed E-state index contributed by atoms with van der Waals surface area (Å²) in [6.45, 7) is 8.47. The Bertz CT molecular complexity index is 524. The van der Waals surface area contributed by atoms with Crippen molar-refractivity contribution in [1.29, 1.82) is 0 Å². The van der Waals surface area contributed by atoms with Gasteiger partial charge in [0.15, 0.2) is 5.96 Å². The van der Waals surface area contributed by atoms with Crippen molar-refractivity contribution in [2.45, 2.75) is 32.7 Å². The van der Waals surface area contributed by atoms with Crippen LogP contribution in [-0.4, -0.2) is 51.2 Å². The van der Waals surface area contributed by atoms with Crippen LogP contribution in [0, 0.1) is 5.92 Å². The number of benzene rings is 1. The smallest absolute Gasteiger partial charge is 0.191 e. The zero-order chi connectivity index (χ0) is 17.4. The number of likely N-dealkylation sites (tertiary alicyclic amines) is 1. The summed E-state index contributed by atoms with van der Waals surface area (Å²) in [6, 6.07) is 8.75. The highest BCUT2D eigenvalue weighted by Gasteiger charge is 2.24. The fourth-order valence-corrected chi connectivity index (χ4v) is 3.07. The zero-order valence-electron chi connectivity index (χ0n) is 15.5. The third-order valence-electron chi connectivity index (χ3n) is 4.42. The van der Waals surface area contributed by atoms with Crippen LogP contribution < -0.4 is 15.4 Å². The summed E-state index contributed by atoms with van der Waals surface area (Å²) in [7, 11) is 3.55. The van der Waals surface area contributed by atoms with E-state index >= 15 is 0 Å². The van der Waals surface area contributed by atoms with E-state index in [1.807, 2.05) is 13.1 Å². The Labute approximate surface area is 146 Å². The van der Waals surface area contributed by atoms with Gasteiger partial charge in [0.05, 0.1) is 13.2 Å². The van der Waals surface area contributed by atoms with Crippen LogP contribution in [0.25, 0.3) is 0 Å². The average molecular weight is 332 g/mol. The number of methoxy groups -OCH3 is 1. The van der Waals surface area contributed by atoms with E-state index in [1.165, 1.54) is 18.4 Å². The van der Waals surface area contributed by atoms with Crippen LogP contribution in [0.1, 0.15) is 38.3 Å². The normalized spacial score (nSPS) is 17.1. The van der Waals surface area contributed by atoms with Crippen LogP contribution in [0.3, 0.4) is 0 Å². The fourth-order valence-electron chi connectivity index (χ4n) is 3.07. The zero-order valence-corrected chi connectivity index (χ0v) is 15.5. The molecule has 2 N–H and O–H groups in total. The predicted molar refractivity (Wildman–Crippen MR) is 101 cm³/mol. The maximum Gasteiger partial charge on any atom is 0.191 e. The van der Waals surface area contributed by atoms with Crippen LogP contribution in [0.2, 0.25) is 0 Å². The van der Waals surface area contributed by atoms with Crippen molar-refractivity contribution in [3.8, 4) is 5.75 Å². The van der Waals surface area contributed by atoms with E-state index in [4.69, 9.17) is 4.74 Å². The molecule has 134 valence electrons. The first-order valence-corrected chi connectivity index (χ1v) is 8.96. The van der Waals surface area contributed by atoms with E-state index in [0.29, 0.717) is 12.0 Å². The van der Waals surface area contributed by atoms with Gasteiger partial charge in [-0.05, 0) is 49.5 Å². The molecule has 1 saturated heterocycles. The molecule has 1 aromatic carbocycles. The van der Waals surface area contributed by atoms with Gasteiger partial charge < -0.3 is 15.4 Å². The molecule has 24 heavy (non-hydrogen) atoms. The number of hydrogen-bond donors (Lipinski definition) is 2. The van der Waals surface area contributed by atoms with Crippen molar-refractivity contribution in [2.24, 2.45) is 10.9 Å². The van der Waals surface area contributed by atoms with Crippen LogP contribution in [-0.2, 0) is 0 Å². The fraction of sp³-hybridized carbons (Fsp3) is 0.632. The van der Waals surface area contributed by atoms with Crippen molar-refractivity contribution in [2.75, 3.05) is 40.3 Å². The number of aliphatic imine (C=N–C) groups is 1. The first-order valence-electron chi connectivity index (χ1n) is 8.96. The minimum atomic E-state index is 0.334. The van der Waals surface area contributed by atoms with Crippen molar-refractivity contribution >= 4 is 5.96 Å². The molecule has 0 aliphatic carbocycles. The topological polar surface area (TPSA) is 48.9 Å². The third kappa shape index (κ3) is 5.41. The van der Waals surface area contributed by atoms with E-state index in [-0.39, 0.29) is 0 Å². The number of ether oxygens (including phenoxy) is 1. The Kier molecular flexibility index (Phi) is 7.37. The Hall–Kier alpha value is -1.75. The Morgan fingerprint density at radius 2 is 1.92 bits per heavy atom. The van der Waals surface area contributed by atoms with Crippen LogP contribution in [0.5, 0.6) is 5.75 Å². The molecular formula is C19H32N4O. The quantitative estimate of drug-likeness (QED) is 0.595. The second-order valence-corrected chi connectivity index (χ2v) is 6.76. The summed E-state index contributed by atoms with van der Waals surface area (Å²) in [4.78, 5) is 6.89. The van der Waals surface area contributed by atoms with E-state index in [9.17, 15) is 0 Å². The van der Waals surface area contributed by atoms with Crippen molar-refractivity contribution < 1.29 is 4.74 Å². The van der Waals surface area contributed by atoms with Gasteiger partial charge in [-0.1, -0.05) is 26.0 Å². The summed E-state index contributed by atoms with van der Waals surface area (Å²) in [6.07, 6.45) is 2.56. The molecule has 1 atom stereocenters. The average Bonchev–Trinajstić information content (AvgIpc) is 3.12. The molecule has 0 spiro atoms. The van der Waals surface area contributed by atoms with Crippen molar-refractivity contribution in [3.63, 3.8) is 0 Å². The molecule has 1 aromatic rings. The Morgan fingerprint density at radius 3 is 2.54 bits per heavy atom. The number of rotatable bonds is 7. The highest BCUT2D eigenvalue weighted by Crippen LogP contribution is 2.27. The summed E-state index contributed by atoms with van der Waals surface area (Å²) in [5.41, 5.74) is 1.29. The minimum Gasteiger partial charge on any atom is -0.497 e. The molecule has 1 aliphatic rings. The first kappa shape index (κ1) is 18.6. The van der Waals surface area contributed by atoms with Crippen molar-refractivity contribution in [1.82, 2.24) is 15.5 Å². The molecule has 1 heterocycles.